The highest BCUT2D eigenvalue weighted by Gasteiger charge is 2.23. The second-order valence-corrected chi connectivity index (χ2v) is 11.2. The highest BCUT2D eigenvalue weighted by Crippen LogP contribution is 2.35. The SMILES string of the molecule is Cc1ccc(NC(=O)CSc2nnc(-c3cc4sccc4n3C)n2-c2c(C)cc(C)cc2C)c(C)c1. The minimum atomic E-state index is -0.0696. The van der Waals surface area contributed by atoms with E-state index >= 15 is 0 Å². The number of nitrogens with one attached hydrogen (secondary N) is 1. The second-order valence-electron chi connectivity index (χ2n) is 9.30. The molecule has 0 saturated heterocycles. The molecule has 3 heterocycles. The second kappa shape index (κ2) is 9.59. The number of benzene rings is 2. The van der Waals surface area contributed by atoms with E-state index in [9.17, 15) is 4.79 Å². The normalized spacial score (nSPS) is 11.4. The highest BCUT2D eigenvalue weighted by atomic mass is 32.2. The van der Waals surface area contributed by atoms with Crippen molar-refractivity contribution in [1.29, 1.82) is 0 Å². The molecule has 6 nitrogen and oxygen atoms in total. The smallest absolute Gasteiger partial charge is 0.234 e. The quantitative estimate of drug-likeness (QED) is 0.254. The lowest BCUT2D eigenvalue weighted by Gasteiger charge is -2.17. The number of carbonyl (C=O) groups is 1. The van der Waals surface area contributed by atoms with Crippen molar-refractivity contribution < 1.29 is 4.79 Å². The molecule has 3 aromatic heterocycles. The van der Waals surface area contributed by atoms with Gasteiger partial charge in [-0.2, -0.15) is 0 Å². The van der Waals surface area contributed by atoms with Crippen LogP contribution in [0.2, 0.25) is 0 Å². The number of nitrogens with zero attached hydrogens (tertiary/aromatic N) is 4. The first-order valence-corrected chi connectivity index (χ1v) is 13.7. The lowest BCUT2D eigenvalue weighted by molar-refractivity contribution is -0.113. The summed E-state index contributed by atoms with van der Waals surface area (Å²) in [6.07, 6.45) is 0. The predicted octanol–water partition coefficient (Wildman–Crippen LogP) is 6.76. The minimum absolute atomic E-state index is 0.0696. The van der Waals surface area contributed by atoms with Crippen LogP contribution >= 0.6 is 23.1 Å². The summed E-state index contributed by atoms with van der Waals surface area (Å²) in [6, 6.07) is 14.7. The Hall–Kier alpha value is -3.36. The Kier molecular flexibility index (Phi) is 6.49. The van der Waals surface area contributed by atoms with Gasteiger partial charge in [0.2, 0.25) is 5.91 Å². The van der Waals surface area contributed by atoms with E-state index in [0.717, 1.165) is 39.6 Å². The fourth-order valence-electron chi connectivity index (χ4n) is 4.79. The molecule has 1 amide bonds. The number of fused-ring (bicyclic) bond motifs is 1. The number of rotatable bonds is 6. The molecule has 0 atom stereocenters. The summed E-state index contributed by atoms with van der Waals surface area (Å²) in [7, 11) is 2.06. The Labute approximate surface area is 219 Å². The Morgan fingerprint density at radius 1 is 0.944 bits per heavy atom. The number of thiophene rings is 1. The van der Waals surface area contributed by atoms with Crippen LogP contribution in [0.15, 0.2) is 53.0 Å². The van der Waals surface area contributed by atoms with Crippen LogP contribution < -0.4 is 5.32 Å². The van der Waals surface area contributed by atoms with E-state index in [1.807, 2.05) is 26.0 Å². The molecule has 36 heavy (non-hydrogen) atoms. The van der Waals surface area contributed by atoms with Crippen LogP contribution in [0.3, 0.4) is 0 Å². The van der Waals surface area contributed by atoms with Crippen molar-refractivity contribution in [2.75, 3.05) is 11.1 Å². The summed E-state index contributed by atoms with van der Waals surface area (Å²) >= 11 is 3.12. The lowest BCUT2D eigenvalue weighted by Crippen LogP contribution is -2.15. The maximum absolute atomic E-state index is 12.9. The van der Waals surface area contributed by atoms with E-state index in [1.165, 1.54) is 33.1 Å². The Morgan fingerprint density at radius 3 is 2.36 bits per heavy atom. The first kappa shape index (κ1) is 24.3. The molecule has 0 aliphatic carbocycles. The van der Waals surface area contributed by atoms with Gasteiger partial charge in [-0.25, -0.2) is 0 Å². The van der Waals surface area contributed by atoms with E-state index in [1.54, 1.807) is 11.3 Å². The molecule has 184 valence electrons. The molecule has 0 radical (unpaired) electrons. The van der Waals surface area contributed by atoms with Crippen molar-refractivity contribution >= 4 is 44.9 Å². The van der Waals surface area contributed by atoms with Crippen LogP contribution in [0.1, 0.15) is 27.8 Å². The molecule has 0 unspecified atom stereocenters. The van der Waals surface area contributed by atoms with Crippen molar-refractivity contribution in [3.63, 3.8) is 0 Å². The zero-order chi connectivity index (χ0) is 25.6. The molecule has 1 N–H and O–H groups in total. The molecular formula is C28H29N5OS2. The number of anilines is 1. The maximum Gasteiger partial charge on any atom is 0.234 e. The van der Waals surface area contributed by atoms with E-state index in [0.29, 0.717) is 5.16 Å². The zero-order valence-corrected chi connectivity index (χ0v) is 23.0. The minimum Gasteiger partial charge on any atom is -0.340 e. The number of aromatic nitrogens is 4. The first-order chi connectivity index (χ1) is 17.2. The van der Waals surface area contributed by atoms with Gasteiger partial charge in [0.05, 0.1) is 27.4 Å². The van der Waals surface area contributed by atoms with Gasteiger partial charge in [0.25, 0.3) is 0 Å². The van der Waals surface area contributed by atoms with Crippen LogP contribution in [0, 0.1) is 34.6 Å². The van der Waals surface area contributed by atoms with Gasteiger partial charge in [-0.3, -0.25) is 9.36 Å². The van der Waals surface area contributed by atoms with E-state index in [4.69, 9.17) is 0 Å². The first-order valence-electron chi connectivity index (χ1n) is 11.8. The summed E-state index contributed by atoms with van der Waals surface area (Å²) < 4.78 is 5.48. The standard InChI is InChI=1S/C28H29N5OS2/c1-16-7-8-21(18(3)11-16)29-25(34)15-36-28-31-30-27(23-14-24-22(32(23)6)9-10-35-24)33(28)26-19(4)12-17(2)13-20(26)5/h7-14H,15H2,1-6H3,(H,29,34). The third-order valence-corrected chi connectivity index (χ3v) is 8.16. The molecule has 0 aliphatic rings. The van der Waals surface area contributed by atoms with Crippen LogP contribution in [-0.2, 0) is 11.8 Å². The van der Waals surface area contributed by atoms with Crippen LogP contribution in [0.25, 0.3) is 27.4 Å². The summed E-state index contributed by atoms with van der Waals surface area (Å²) in [6.45, 7) is 10.4. The van der Waals surface area contributed by atoms with Gasteiger partial charge >= 0.3 is 0 Å². The van der Waals surface area contributed by atoms with Crippen molar-refractivity contribution in [2.24, 2.45) is 7.05 Å². The lowest BCUT2D eigenvalue weighted by atomic mass is 10.0. The van der Waals surface area contributed by atoms with Gasteiger partial charge in [-0.1, -0.05) is 47.2 Å². The summed E-state index contributed by atoms with van der Waals surface area (Å²) in [5.74, 6) is 0.936. The number of aryl methyl sites for hydroxylation is 6. The number of hydrogen-bond acceptors (Lipinski definition) is 5. The molecule has 0 aliphatic heterocycles. The van der Waals surface area contributed by atoms with Crippen molar-refractivity contribution in [1.82, 2.24) is 19.3 Å². The Morgan fingerprint density at radius 2 is 1.67 bits per heavy atom. The molecule has 5 rings (SSSR count). The molecule has 0 bridgehead atoms. The van der Waals surface area contributed by atoms with Crippen molar-refractivity contribution in [2.45, 2.75) is 39.8 Å². The fourth-order valence-corrected chi connectivity index (χ4v) is 6.38. The highest BCUT2D eigenvalue weighted by molar-refractivity contribution is 7.99. The molecule has 8 heteroatoms. The Balaban J connectivity index is 1.52. The van der Waals surface area contributed by atoms with Gasteiger partial charge in [0, 0.05) is 12.7 Å². The average molecular weight is 516 g/mol. The van der Waals surface area contributed by atoms with E-state index in [-0.39, 0.29) is 11.7 Å². The number of thioether (sulfide) groups is 1. The fraction of sp³-hybridized carbons (Fsp3) is 0.250. The molecule has 0 saturated carbocycles. The Bertz CT molecular complexity index is 1580. The average Bonchev–Trinajstić information content (AvgIpc) is 3.50. The van der Waals surface area contributed by atoms with Crippen molar-refractivity contribution in [3.05, 3.63) is 75.7 Å². The topological polar surface area (TPSA) is 64.7 Å². The van der Waals surface area contributed by atoms with Gasteiger partial charge in [-0.05, 0) is 74.9 Å². The number of carbonyl (C=O) groups excluding carboxylic acids is 1. The van der Waals surface area contributed by atoms with Gasteiger partial charge < -0.3 is 9.88 Å². The van der Waals surface area contributed by atoms with Crippen molar-refractivity contribution in [3.8, 4) is 17.2 Å². The number of hydrogen-bond donors (Lipinski definition) is 1. The number of amides is 1. The largest absolute Gasteiger partial charge is 0.340 e. The predicted molar refractivity (Wildman–Crippen MR) is 151 cm³/mol. The summed E-state index contributed by atoms with van der Waals surface area (Å²) in [4.78, 5) is 12.9. The monoisotopic (exact) mass is 515 g/mol. The maximum atomic E-state index is 12.9. The van der Waals surface area contributed by atoms with Gasteiger partial charge in [-0.15, -0.1) is 21.5 Å². The zero-order valence-electron chi connectivity index (χ0n) is 21.3. The van der Waals surface area contributed by atoms with Gasteiger partial charge in [0.1, 0.15) is 0 Å². The molecular weight excluding hydrogens is 486 g/mol. The van der Waals surface area contributed by atoms with Crippen LogP contribution in [0.4, 0.5) is 5.69 Å². The van der Waals surface area contributed by atoms with Crippen LogP contribution in [-0.4, -0.2) is 31.0 Å². The van der Waals surface area contributed by atoms with Crippen LogP contribution in [0.5, 0.6) is 0 Å². The molecule has 5 aromatic rings. The third kappa shape index (κ3) is 4.47. The van der Waals surface area contributed by atoms with E-state index < -0.39 is 0 Å². The third-order valence-electron chi connectivity index (χ3n) is 6.37. The van der Waals surface area contributed by atoms with Gasteiger partial charge in [0.15, 0.2) is 11.0 Å². The molecule has 0 fully saturated rings. The molecule has 2 aromatic carbocycles. The summed E-state index contributed by atoms with van der Waals surface area (Å²) in [5.41, 5.74) is 9.78. The van der Waals surface area contributed by atoms with E-state index in [2.05, 4.69) is 88.2 Å². The molecule has 0 spiro atoms. The summed E-state index contributed by atoms with van der Waals surface area (Å²) in [5, 5.41) is 15.0.